The number of carbonyl (C=O) groups is 2. The second-order valence-corrected chi connectivity index (χ2v) is 6.95. The Labute approximate surface area is 153 Å². The highest BCUT2D eigenvalue weighted by Crippen LogP contribution is 2.54. The summed E-state index contributed by atoms with van der Waals surface area (Å²) in [7, 11) is 3.32. The van der Waals surface area contributed by atoms with Crippen molar-refractivity contribution < 1.29 is 9.59 Å². The van der Waals surface area contributed by atoms with Crippen LogP contribution < -0.4 is 10.6 Å². The molecule has 2 amide bonds. The lowest BCUT2D eigenvalue weighted by molar-refractivity contribution is -0.125. The highest BCUT2D eigenvalue weighted by Gasteiger charge is 2.54. The average Bonchev–Trinajstić information content (AvgIpc) is 3.05. The Balaban J connectivity index is 1.97. The van der Waals surface area contributed by atoms with E-state index in [0.29, 0.717) is 0 Å². The van der Waals surface area contributed by atoms with Gasteiger partial charge in [-0.15, -0.1) is 0 Å². The molecule has 0 aliphatic heterocycles. The van der Waals surface area contributed by atoms with Gasteiger partial charge in [0.15, 0.2) is 0 Å². The van der Waals surface area contributed by atoms with Crippen molar-refractivity contribution in [3.8, 4) is 0 Å². The summed E-state index contributed by atoms with van der Waals surface area (Å²) < 4.78 is 0. The molecular formula is C22H22N2O2. The molecular weight excluding hydrogens is 324 g/mol. The summed E-state index contributed by atoms with van der Waals surface area (Å²) in [6, 6.07) is 16.2. The Kier molecular flexibility index (Phi) is 3.91. The SMILES string of the molecule is CNC(=O)[C@@H]1C=C[C@@]2(C(=O)NC)c3c(cccc31)C[C@H]2c1ccccc1. The molecule has 0 aromatic heterocycles. The van der Waals surface area contributed by atoms with Crippen molar-refractivity contribution in [2.75, 3.05) is 14.1 Å². The van der Waals surface area contributed by atoms with E-state index in [1.807, 2.05) is 42.5 Å². The molecule has 2 aromatic rings. The van der Waals surface area contributed by atoms with Crippen LogP contribution >= 0.6 is 0 Å². The Morgan fingerprint density at radius 3 is 2.46 bits per heavy atom. The maximum absolute atomic E-state index is 13.2. The molecule has 0 spiro atoms. The van der Waals surface area contributed by atoms with Gasteiger partial charge in [-0.3, -0.25) is 9.59 Å². The predicted molar refractivity (Wildman–Crippen MR) is 101 cm³/mol. The third-order valence-electron chi connectivity index (χ3n) is 5.79. The molecule has 2 aliphatic rings. The first-order chi connectivity index (χ1) is 12.6. The highest BCUT2D eigenvalue weighted by atomic mass is 16.2. The van der Waals surface area contributed by atoms with Crippen LogP contribution in [0.4, 0.5) is 0 Å². The lowest BCUT2D eigenvalue weighted by Crippen LogP contribution is -2.46. The summed E-state index contributed by atoms with van der Waals surface area (Å²) in [5.41, 5.74) is 3.46. The minimum atomic E-state index is -0.771. The Hall–Kier alpha value is -2.88. The van der Waals surface area contributed by atoms with E-state index in [2.05, 4.69) is 28.8 Å². The molecule has 4 heteroatoms. The van der Waals surface area contributed by atoms with Gasteiger partial charge in [-0.2, -0.15) is 0 Å². The van der Waals surface area contributed by atoms with Crippen LogP contribution in [0, 0.1) is 0 Å². The van der Waals surface area contributed by atoms with Gasteiger partial charge in [0.1, 0.15) is 0 Å². The average molecular weight is 346 g/mol. The fourth-order valence-electron chi connectivity index (χ4n) is 4.66. The van der Waals surface area contributed by atoms with Crippen LogP contribution in [0.2, 0.25) is 0 Å². The molecule has 4 nitrogen and oxygen atoms in total. The monoisotopic (exact) mass is 346 g/mol. The molecule has 0 fully saturated rings. The fraction of sp³-hybridized carbons (Fsp3) is 0.273. The fourth-order valence-corrected chi connectivity index (χ4v) is 4.66. The Morgan fingerprint density at radius 1 is 1.00 bits per heavy atom. The maximum atomic E-state index is 13.2. The van der Waals surface area contributed by atoms with Crippen LogP contribution in [0.15, 0.2) is 60.7 Å². The van der Waals surface area contributed by atoms with Crippen LogP contribution in [0.1, 0.15) is 34.1 Å². The lowest BCUT2D eigenvalue weighted by atomic mass is 9.65. The van der Waals surface area contributed by atoms with E-state index >= 15 is 0 Å². The van der Waals surface area contributed by atoms with Gasteiger partial charge in [0.25, 0.3) is 0 Å². The summed E-state index contributed by atoms with van der Waals surface area (Å²) in [5.74, 6) is -0.420. The normalized spacial score (nSPS) is 25.5. The Bertz CT molecular complexity index is 904. The number of rotatable bonds is 3. The molecule has 2 aliphatic carbocycles. The van der Waals surface area contributed by atoms with Crippen LogP contribution in [-0.4, -0.2) is 25.9 Å². The van der Waals surface area contributed by atoms with E-state index < -0.39 is 5.41 Å². The number of nitrogens with one attached hydrogen (secondary N) is 2. The van der Waals surface area contributed by atoms with Crippen molar-refractivity contribution in [1.82, 2.24) is 10.6 Å². The van der Waals surface area contributed by atoms with Gasteiger partial charge in [-0.05, 0) is 28.7 Å². The molecule has 0 saturated heterocycles. The third-order valence-corrected chi connectivity index (χ3v) is 5.79. The van der Waals surface area contributed by atoms with E-state index in [9.17, 15) is 9.59 Å². The van der Waals surface area contributed by atoms with Gasteiger partial charge in [0.2, 0.25) is 11.8 Å². The van der Waals surface area contributed by atoms with Crippen LogP contribution in [0.3, 0.4) is 0 Å². The van der Waals surface area contributed by atoms with Gasteiger partial charge in [-0.25, -0.2) is 0 Å². The minimum absolute atomic E-state index is 0.0155. The van der Waals surface area contributed by atoms with Gasteiger partial charge >= 0.3 is 0 Å². The Morgan fingerprint density at radius 2 is 1.77 bits per heavy atom. The first-order valence-corrected chi connectivity index (χ1v) is 8.93. The summed E-state index contributed by atoms with van der Waals surface area (Å²) in [5, 5.41) is 5.61. The predicted octanol–water partition coefficient (Wildman–Crippen LogP) is 2.41. The van der Waals surface area contributed by atoms with Crippen LogP contribution in [-0.2, 0) is 21.4 Å². The summed E-state index contributed by atoms with van der Waals surface area (Å²) in [6.45, 7) is 0. The number of likely N-dealkylation sites (N-methyl/N-ethyl adjacent to an activating group) is 2. The number of hydrogen-bond acceptors (Lipinski definition) is 2. The number of benzene rings is 2. The van der Waals surface area contributed by atoms with E-state index in [-0.39, 0.29) is 23.7 Å². The largest absolute Gasteiger partial charge is 0.358 e. The molecule has 3 atom stereocenters. The van der Waals surface area contributed by atoms with E-state index in [4.69, 9.17) is 0 Å². The van der Waals surface area contributed by atoms with Crippen LogP contribution in [0.25, 0.3) is 0 Å². The zero-order chi connectivity index (χ0) is 18.3. The number of hydrogen-bond donors (Lipinski definition) is 2. The van der Waals surface area contributed by atoms with Gasteiger partial charge in [0.05, 0.1) is 11.3 Å². The van der Waals surface area contributed by atoms with E-state index in [1.165, 1.54) is 0 Å². The maximum Gasteiger partial charge on any atom is 0.234 e. The van der Waals surface area contributed by atoms with Crippen molar-refractivity contribution in [1.29, 1.82) is 0 Å². The van der Waals surface area contributed by atoms with E-state index in [1.54, 1.807) is 14.1 Å². The second-order valence-electron chi connectivity index (χ2n) is 6.95. The molecule has 0 unspecified atom stereocenters. The van der Waals surface area contributed by atoms with Gasteiger partial charge in [0, 0.05) is 20.0 Å². The smallest absolute Gasteiger partial charge is 0.234 e. The first kappa shape index (κ1) is 16.6. The first-order valence-electron chi connectivity index (χ1n) is 8.93. The molecule has 4 rings (SSSR count). The van der Waals surface area contributed by atoms with Gasteiger partial charge < -0.3 is 10.6 Å². The molecule has 0 radical (unpaired) electrons. The quantitative estimate of drug-likeness (QED) is 0.839. The van der Waals surface area contributed by atoms with Crippen molar-refractivity contribution in [3.63, 3.8) is 0 Å². The molecule has 0 heterocycles. The van der Waals surface area contributed by atoms with Crippen molar-refractivity contribution in [2.24, 2.45) is 0 Å². The summed E-state index contributed by atoms with van der Waals surface area (Å²) >= 11 is 0. The topological polar surface area (TPSA) is 58.2 Å². The van der Waals surface area contributed by atoms with Crippen molar-refractivity contribution >= 4 is 11.8 Å². The molecule has 132 valence electrons. The van der Waals surface area contributed by atoms with Crippen molar-refractivity contribution in [2.45, 2.75) is 23.7 Å². The lowest BCUT2D eigenvalue weighted by Gasteiger charge is -2.37. The zero-order valence-corrected chi connectivity index (χ0v) is 15.0. The summed E-state index contributed by atoms with van der Waals surface area (Å²) in [4.78, 5) is 25.6. The van der Waals surface area contributed by atoms with Crippen molar-refractivity contribution in [3.05, 3.63) is 82.9 Å². The minimum Gasteiger partial charge on any atom is -0.358 e. The molecule has 2 N–H and O–H groups in total. The number of amides is 2. The molecule has 0 saturated carbocycles. The standard InChI is InChI=1S/C22H22N2O2/c1-23-20(25)17-11-12-22(21(26)24-2)18(14-7-4-3-5-8-14)13-15-9-6-10-16(17)19(15)22/h3-12,17-18H,13H2,1-2H3,(H,23,25)(H,24,26)/t17-,18+,22+/m1/s1. The van der Waals surface area contributed by atoms with Crippen LogP contribution in [0.5, 0.6) is 0 Å². The zero-order valence-electron chi connectivity index (χ0n) is 15.0. The molecule has 2 aromatic carbocycles. The summed E-state index contributed by atoms with van der Waals surface area (Å²) in [6.07, 6.45) is 4.63. The van der Waals surface area contributed by atoms with Gasteiger partial charge in [-0.1, -0.05) is 60.7 Å². The highest BCUT2D eigenvalue weighted by molar-refractivity contribution is 5.97. The third kappa shape index (κ3) is 2.15. The second kappa shape index (κ2) is 6.13. The molecule has 0 bridgehead atoms. The van der Waals surface area contributed by atoms with E-state index in [0.717, 1.165) is 28.7 Å². The number of carbonyl (C=O) groups excluding carboxylic acids is 2. The molecule has 26 heavy (non-hydrogen) atoms.